The maximum Gasteiger partial charge on any atom is 0.490 e. The maximum absolute atomic E-state index is 12.4. The van der Waals surface area contributed by atoms with Crippen LogP contribution in [0.1, 0.15) is 30.7 Å². The minimum Gasteiger partial charge on any atom is -0.475 e. The van der Waals surface area contributed by atoms with Crippen LogP contribution in [-0.4, -0.2) is 81.6 Å². The van der Waals surface area contributed by atoms with Crippen molar-refractivity contribution in [2.75, 3.05) is 20.6 Å². The van der Waals surface area contributed by atoms with Gasteiger partial charge in [0.1, 0.15) is 0 Å². The van der Waals surface area contributed by atoms with Crippen LogP contribution in [0.5, 0.6) is 0 Å². The number of carbonyl (C=O) groups is 3. The van der Waals surface area contributed by atoms with Gasteiger partial charge in [-0.2, -0.15) is 13.2 Å². The molecule has 166 valence electrons. The number of hydrogen-bond donors (Lipinski definition) is 1. The van der Waals surface area contributed by atoms with Crippen LogP contribution in [0.15, 0.2) is 18.2 Å². The van der Waals surface area contributed by atoms with Gasteiger partial charge in [0.15, 0.2) is 0 Å². The van der Waals surface area contributed by atoms with Crippen LogP contribution in [0.2, 0.25) is 0 Å². The van der Waals surface area contributed by atoms with Crippen LogP contribution < -0.4 is 0 Å². The van der Waals surface area contributed by atoms with Crippen LogP contribution in [0.25, 0.3) is 0 Å². The summed E-state index contributed by atoms with van der Waals surface area (Å²) < 4.78 is 31.7. The molecular formula is C19H25F3N4O4. The highest BCUT2D eigenvalue weighted by Crippen LogP contribution is 2.32. The molecule has 1 aromatic heterocycles. The van der Waals surface area contributed by atoms with E-state index in [4.69, 9.17) is 9.90 Å². The Balaban J connectivity index is 0.000000396. The van der Waals surface area contributed by atoms with Gasteiger partial charge in [0.05, 0.1) is 24.3 Å². The molecule has 3 rings (SSSR count). The molecule has 0 saturated carbocycles. The number of aliphatic carboxylic acids is 1. The van der Waals surface area contributed by atoms with Gasteiger partial charge in [-0.3, -0.25) is 9.78 Å². The van der Waals surface area contributed by atoms with Crippen molar-refractivity contribution in [3.05, 3.63) is 29.6 Å². The number of alkyl halides is 3. The summed E-state index contributed by atoms with van der Waals surface area (Å²) in [5, 5.41) is 7.12. The van der Waals surface area contributed by atoms with Crippen LogP contribution in [0.3, 0.4) is 0 Å². The normalized spacial score (nSPS) is 20.9. The number of amides is 3. The standard InChI is InChI=1S/C17H24N4O2.C2HF3O2/c1-12-5-4-6-13(18-12)11-21-15-9-10-20(17(23)19(2)3)14(15)7-8-16(21)22;3-2(4,5)1(6)7/h4-6,14-15H,7-11H2,1-3H3;(H,6,7)/t14-,15-;/m1./s1. The Labute approximate surface area is 172 Å². The second kappa shape index (κ2) is 9.31. The SMILES string of the molecule is Cc1cccc(CN2C(=O)CC[C@@H]3[C@H]2CCN3C(=O)N(C)C)n1.O=C(O)C(F)(F)F. The van der Waals surface area contributed by atoms with Gasteiger partial charge in [-0.15, -0.1) is 0 Å². The average molecular weight is 430 g/mol. The van der Waals surface area contributed by atoms with E-state index < -0.39 is 12.1 Å². The molecule has 0 radical (unpaired) electrons. The summed E-state index contributed by atoms with van der Waals surface area (Å²) in [5.41, 5.74) is 1.87. The first-order valence-electron chi connectivity index (χ1n) is 9.42. The van der Waals surface area contributed by atoms with E-state index in [9.17, 15) is 22.8 Å². The second-order valence-corrected chi connectivity index (χ2v) is 7.43. The molecule has 0 aromatic carbocycles. The third-order valence-electron chi connectivity index (χ3n) is 5.03. The van der Waals surface area contributed by atoms with E-state index in [1.165, 1.54) is 0 Å². The van der Waals surface area contributed by atoms with Gasteiger partial charge in [-0.25, -0.2) is 9.59 Å². The molecule has 3 heterocycles. The average Bonchev–Trinajstić information content (AvgIpc) is 3.07. The molecule has 1 aromatic rings. The van der Waals surface area contributed by atoms with Crippen LogP contribution in [0, 0.1) is 6.92 Å². The third kappa shape index (κ3) is 5.61. The predicted octanol–water partition coefficient (Wildman–Crippen LogP) is 2.27. The summed E-state index contributed by atoms with van der Waals surface area (Å²) in [4.78, 5) is 43.6. The van der Waals surface area contributed by atoms with Gasteiger partial charge < -0.3 is 19.8 Å². The summed E-state index contributed by atoms with van der Waals surface area (Å²) in [6, 6.07) is 6.18. The zero-order valence-corrected chi connectivity index (χ0v) is 17.0. The molecule has 2 fully saturated rings. The van der Waals surface area contributed by atoms with Crippen molar-refractivity contribution >= 4 is 17.9 Å². The number of carboxylic acid groups (broad SMARTS) is 1. The lowest BCUT2D eigenvalue weighted by Gasteiger charge is -2.40. The monoisotopic (exact) mass is 430 g/mol. The fraction of sp³-hybridized carbons (Fsp3) is 0.579. The lowest BCUT2D eigenvalue weighted by molar-refractivity contribution is -0.192. The third-order valence-corrected chi connectivity index (χ3v) is 5.03. The number of pyridine rings is 1. The van der Waals surface area contributed by atoms with Gasteiger partial charge in [0, 0.05) is 32.8 Å². The maximum atomic E-state index is 12.4. The number of hydrogen-bond acceptors (Lipinski definition) is 4. The van der Waals surface area contributed by atoms with E-state index in [2.05, 4.69) is 4.98 Å². The number of carboxylic acids is 1. The summed E-state index contributed by atoms with van der Waals surface area (Å²) in [7, 11) is 3.55. The highest BCUT2D eigenvalue weighted by atomic mass is 19.4. The van der Waals surface area contributed by atoms with Crippen LogP contribution in [-0.2, 0) is 16.1 Å². The Morgan fingerprint density at radius 2 is 1.87 bits per heavy atom. The molecule has 0 spiro atoms. The van der Waals surface area contributed by atoms with E-state index >= 15 is 0 Å². The van der Waals surface area contributed by atoms with Crippen molar-refractivity contribution in [2.24, 2.45) is 0 Å². The highest BCUT2D eigenvalue weighted by Gasteiger charge is 2.45. The van der Waals surface area contributed by atoms with Crippen molar-refractivity contribution in [1.82, 2.24) is 19.7 Å². The molecule has 2 atom stereocenters. The van der Waals surface area contributed by atoms with Crippen molar-refractivity contribution in [3.8, 4) is 0 Å². The number of carbonyl (C=O) groups excluding carboxylic acids is 2. The van der Waals surface area contributed by atoms with Gasteiger partial charge >= 0.3 is 18.2 Å². The minimum atomic E-state index is -5.08. The second-order valence-electron chi connectivity index (χ2n) is 7.43. The predicted molar refractivity (Wildman–Crippen MR) is 100 cm³/mol. The molecule has 0 unspecified atom stereocenters. The molecule has 0 aliphatic carbocycles. The Hall–Kier alpha value is -2.85. The lowest BCUT2D eigenvalue weighted by Crippen LogP contribution is -2.54. The number of piperidine rings is 1. The fourth-order valence-electron chi connectivity index (χ4n) is 3.71. The quantitative estimate of drug-likeness (QED) is 0.777. The van der Waals surface area contributed by atoms with E-state index in [1.54, 1.807) is 19.0 Å². The first-order valence-corrected chi connectivity index (χ1v) is 9.42. The minimum absolute atomic E-state index is 0.0421. The fourth-order valence-corrected chi connectivity index (χ4v) is 3.71. The Bertz CT molecular complexity index is 800. The molecular weight excluding hydrogens is 405 g/mol. The van der Waals surface area contributed by atoms with E-state index in [1.807, 2.05) is 34.9 Å². The molecule has 1 N–H and O–H groups in total. The van der Waals surface area contributed by atoms with Gasteiger partial charge in [0.25, 0.3) is 0 Å². The first-order chi connectivity index (χ1) is 13.9. The zero-order chi connectivity index (χ0) is 22.6. The number of fused-ring (bicyclic) bond motifs is 1. The smallest absolute Gasteiger partial charge is 0.475 e. The van der Waals surface area contributed by atoms with Crippen LogP contribution in [0.4, 0.5) is 18.0 Å². The van der Waals surface area contributed by atoms with Crippen LogP contribution >= 0.6 is 0 Å². The van der Waals surface area contributed by atoms with Crippen molar-refractivity contribution in [1.29, 1.82) is 0 Å². The highest BCUT2D eigenvalue weighted by molar-refractivity contribution is 5.79. The number of nitrogens with zero attached hydrogens (tertiary/aromatic N) is 4. The molecule has 8 nitrogen and oxygen atoms in total. The molecule has 2 saturated heterocycles. The van der Waals surface area contributed by atoms with Crippen molar-refractivity contribution in [3.63, 3.8) is 0 Å². The molecule has 11 heteroatoms. The Morgan fingerprint density at radius 1 is 1.23 bits per heavy atom. The summed E-state index contributed by atoms with van der Waals surface area (Å²) in [6.45, 7) is 3.21. The molecule has 30 heavy (non-hydrogen) atoms. The van der Waals surface area contributed by atoms with Gasteiger partial charge in [-0.05, 0) is 31.9 Å². The van der Waals surface area contributed by atoms with Crippen molar-refractivity contribution in [2.45, 2.75) is 51.0 Å². The number of aryl methyl sites for hydroxylation is 1. The largest absolute Gasteiger partial charge is 0.490 e. The molecule has 3 amide bonds. The van der Waals surface area contributed by atoms with Crippen molar-refractivity contribution < 1.29 is 32.7 Å². The number of rotatable bonds is 2. The first kappa shape index (κ1) is 23.4. The Kier molecular flexibility index (Phi) is 7.27. The summed E-state index contributed by atoms with van der Waals surface area (Å²) in [5.74, 6) is -2.58. The molecule has 2 aliphatic rings. The Morgan fingerprint density at radius 3 is 2.40 bits per heavy atom. The van der Waals surface area contributed by atoms with Gasteiger partial charge in [-0.1, -0.05) is 6.07 Å². The van der Waals surface area contributed by atoms with E-state index in [0.29, 0.717) is 13.0 Å². The van der Waals surface area contributed by atoms with E-state index in [0.717, 1.165) is 30.8 Å². The summed E-state index contributed by atoms with van der Waals surface area (Å²) >= 11 is 0. The van der Waals surface area contributed by atoms with E-state index in [-0.39, 0.29) is 24.0 Å². The zero-order valence-electron chi connectivity index (χ0n) is 17.0. The number of likely N-dealkylation sites (tertiary alicyclic amines) is 2. The number of aromatic nitrogens is 1. The number of halogens is 3. The topological polar surface area (TPSA) is 94.1 Å². The lowest BCUT2D eigenvalue weighted by atomic mass is 9.96. The number of urea groups is 1. The summed E-state index contributed by atoms with van der Waals surface area (Å²) in [6.07, 6.45) is -2.97. The molecule has 0 bridgehead atoms. The molecule has 2 aliphatic heterocycles. The van der Waals surface area contributed by atoms with Gasteiger partial charge in [0.2, 0.25) is 5.91 Å².